The van der Waals surface area contributed by atoms with Gasteiger partial charge in [-0.05, 0) is 20.8 Å². The van der Waals surface area contributed by atoms with Crippen molar-refractivity contribution in [1.82, 2.24) is 15.0 Å². The van der Waals surface area contributed by atoms with Crippen molar-refractivity contribution in [3.05, 3.63) is 0 Å². The van der Waals surface area contributed by atoms with Crippen molar-refractivity contribution in [1.29, 1.82) is 0 Å². The number of nitrogen functional groups attached to an aromatic ring is 2. The van der Waals surface area contributed by atoms with Gasteiger partial charge in [0.1, 0.15) is 0 Å². The Bertz CT molecular complexity index is 399. The van der Waals surface area contributed by atoms with Crippen LogP contribution >= 0.6 is 0 Å². The Labute approximate surface area is 125 Å². The van der Waals surface area contributed by atoms with Crippen molar-refractivity contribution in [2.45, 2.75) is 26.8 Å². The monoisotopic (exact) mass is 316 g/mol. The summed E-state index contributed by atoms with van der Waals surface area (Å²) in [6, 6.07) is 0.591. The van der Waals surface area contributed by atoms with Gasteiger partial charge in [-0.15, -0.1) is 0 Å². The molecule has 1 aromatic heterocycles. The fraction of sp³-hybridized carbons (Fsp3) is 0.727. The molecule has 0 aliphatic heterocycles. The molecule has 0 amide bonds. The van der Waals surface area contributed by atoms with Crippen LogP contribution in [0.15, 0.2) is 0 Å². The third-order valence-electron chi connectivity index (χ3n) is 2.48. The topological polar surface area (TPSA) is 130 Å². The molecule has 0 aliphatic carbocycles. The lowest BCUT2D eigenvalue weighted by Crippen LogP contribution is -2.47. The second-order valence-electron chi connectivity index (χ2n) is 4.03. The summed E-state index contributed by atoms with van der Waals surface area (Å²) in [6.45, 7) is 7.89. The summed E-state index contributed by atoms with van der Waals surface area (Å²) in [5, 5.41) is 3.03. The molecule has 0 spiro atoms. The normalized spacial score (nSPS) is 11.6. The van der Waals surface area contributed by atoms with Gasteiger partial charge in [-0.1, -0.05) is 0 Å². The molecule has 5 N–H and O–H groups in total. The average molecular weight is 316 g/mol. The molecule has 1 heterocycles. The summed E-state index contributed by atoms with van der Waals surface area (Å²) < 4.78 is 17.2. The molecule has 0 bridgehead atoms. The van der Waals surface area contributed by atoms with Gasteiger partial charge in [0.2, 0.25) is 17.8 Å². The van der Waals surface area contributed by atoms with Crippen LogP contribution in [-0.2, 0) is 13.3 Å². The molecule has 0 saturated heterocycles. The number of aromatic nitrogens is 3. The molecule has 0 saturated carbocycles. The van der Waals surface area contributed by atoms with E-state index in [0.717, 1.165) is 0 Å². The van der Waals surface area contributed by atoms with Crippen LogP contribution in [0.5, 0.6) is 0 Å². The van der Waals surface area contributed by atoms with Crippen LogP contribution in [0.3, 0.4) is 0 Å². The van der Waals surface area contributed by atoms with Crippen molar-refractivity contribution in [2.24, 2.45) is 0 Å². The maximum absolute atomic E-state index is 5.75. The second kappa shape index (κ2) is 8.72. The highest BCUT2D eigenvalue weighted by atomic mass is 28.4. The highest BCUT2D eigenvalue weighted by Gasteiger charge is 2.39. The molecule has 0 radical (unpaired) electrons. The van der Waals surface area contributed by atoms with Crippen LogP contribution in [0.4, 0.5) is 17.8 Å². The standard InChI is InChI=1S/C11H24N6O3Si/c1-4-18-21(19-5-2,20-6-3)8-7-14-11-16-9(12)15-10(13)17-11/h4-8H2,1-3H3,(H5,12,13,14,15,16,17). The largest absolute Gasteiger partial charge is 0.502 e. The van der Waals surface area contributed by atoms with Crippen LogP contribution in [0, 0.1) is 0 Å². The molecule has 120 valence electrons. The molecule has 0 fully saturated rings. The first-order valence-electron chi connectivity index (χ1n) is 6.98. The van der Waals surface area contributed by atoms with Gasteiger partial charge in [-0.25, -0.2) is 0 Å². The van der Waals surface area contributed by atoms with Crippen LogP contribution in [-0.4, -0.2) is 50.1 Å². The number of anilines is 3. The Balaban J connectivity index is 2.63. The van der Waals surface area contributed by atoms with Gasteiger partial charge < -0.3 is 30.1 Å². The van der Waals surface area contributed by atoms with Gasteiger partial charge in [0.25, 0.3) is 0 Å². The number of nitrogens with one attached hydrogen (secondary N) is 1. The zero-order chi connectivity index (χ0) is 15.7. The minimum atomic E-state index is -2.67. The van der Waals surface area contributed by atoms with Gasteiger partial charge >= 0.3 is 8.80 Å². The van der Waals surface area contributed by atoms with Crippen LogP contribution < -0.4 is 16.8 Å². The molecule has 1 rings (SSSR count). The van der Waals surface area contributed by atoms with E-state index in [9.17, 15) is 0 Å². The lowest BCUT2D eigenvalue weighted by Gasteiger charge is -2.28. The highest BCUT2D eigenvalue weighted by Crippen LogP contribution is 2.16. The van der Waals surface area contributed by atoms with Crippen molar-refractivity contribution in [2.75, 3.05) is 43.1 Å². The lowest BCUT2D eigenvalue weighted by molar-refractivity contribution is 0.0722. The maximum Gasteiger partial charge on any atom is 0.502 e. The summed E-state index contributed by atoms with van der Waals surface area (Å²) in [7, 11) is -2.67. The van der Waals surface area contributed by atoms with Gasteiger partial charge in [-0.2, -0.15) is 15.0 Å². The summed E-state index contributed by atoms with van der Waals surface area (Å²) >= 11 is 0. The molecule has 21 heavy (non-hydrogen) atoms. The first-order valence-corrected chi connectivity index (χ1v) is 8.91. The quantitative estimate of drug-likeness (QED) is 0.528. The fourth-order valence-electron chi connectivity index (χ4n) is 1.82. The number of nitrogens with zero attached hydrogens (tertiary/aromatic N) is 3. The van der Waals surface area contributed by atoms with Crippen LogP contribution in [0.25, 0.3) is 0 Å². The van der Waals surface area contributed by atoms with Gasteiger partial charge in [0.05, 0.1) is 0 Å². The Morgan fingerprint density at radius 3 is 1.81 bits per heavy atom. The lowest BCUT2D eigenvalue weighted by atomic mass is 10.7. The Hall–Kier alpha value is -1.49. The van der Waals surface area contributed by atoms with Gasteiger partial charge in [0.15, 0.2) is 0 Å². The maximum atomic E-state index is 5.75. The first kappa shape index (κ1) is 17.6. The predicted octanol–water partition coefficient (Wildman–Crippen LogP) is 0.496. The molecule has 0 aromatic carbocycles. The van der Waals surface area contributed by atoms with Gasteiger partial charge in [0, 0.05) is 32.4 Å². The third-order valence-corrected chi connectivity index (χ3v) is 5.52. The summed E-state index contributed by atoms with van der Waals surface area (Å²) in [4.78, 5) is 11.6. The number of rotatable bonds is 10. The third kappa shape index (κ3) is 5.79. The van der Waals surface area contributed by atoms with Gasteiger partial charge in [-0.3, -0.25) is 0 Å². The van der Waals surface area contributed by atoms with E-state index in [0.29, 0.717) is 38.4 Å². The molecule has 1 aromatic rings. The summed E-state index contributed by atoms with van der Waals surface area (Å²) in [5.41, 5.74) is 11.0. The second-order valence-corrected chi connectivity index (χ2v) is 6.77. The van der Waals surface area contributed by atoms with Crippen LogP contribution in [0.1, 0.15) is 20.8 Å². The Morgan fingerprint density at radius 2 is 1.38 bits per heavy atom. The molecule has 0 atom stereocenters. The molecule has 10 heteroatoms. The van der Waals surface area contributed by atoms with E-state index in [-0.39, 0.29) is 11.9 Å². The van der Waals surface area contributed by atoms with E-state index in [2.05, 4.69) is 20.3 Å². The molecule has 9 nitrogen and oxygen atoms in total. The van der Waals surface area contributed by atoms with Crippen molar-refractivity contribution < 1.29 is 13.3 Å². The van der Waals surface area contributed by atoms with E-state index in [1.807, 2.05) is 20.8 Å². The predicted molar refractivity (Wildman–Crippen MR) is 82.6 cm³/mol. The smallest absolute Gasteiger partial charge is 0.374 e. The average Bonchev–Trinajstić information content (AvgIpc) is 2.38. The highest BCUT2D eigenvalue weighted by molar-refractivity contribution is 6.60. The zero-order valence-corrected chi connectivity index (χ0v) is 13.8. The molecule has 0 unspecified atom stereocenters. The van der Waals surface area contributed by atoms with Crippen molar-refractivity contribution in [3.63, 3.8) is 0 Å². The SMILES string of the molecule is CCO[Si](CCNc1nc(N)nc(N)n1)(OCC)OCC. The molecule has 0 aliphatic rings. The van der Waals surface area contributed by atoms with E-state index >= 15 is 0 Å². The Morgan fingerprint density at radius 1 is 0.905 bits per heavy atom. The van der Waals surface area contributed by atoms with Crippen molar-refractivity contribution >= 4 is 26.6 Å². The van der Waals surface area contributed by atoms with E-state index < -0.39 is 8.80 Å². The zero-order valence-electron chi connectivity index (χ0n) is 12.8. The number of hydrogen-bond donors (Lipinski definition) is 3. The minimum Gasteiger partial charge on any atom is -0.374 e. The van der Waals surface area contributed by atoms with E-state index in [1.165, 1.54) is 0 Å². The minimum absolute atomic E-state index is 0.0768. The summed E-state index contributed by atoms with van der Waals surface area (Å²) in [5.74, 6) is 0.480. The summed E-state index contributed by atoms with van der Waals surface area (Å²) in [6.07, 6.45) is 0. The van der Waals surface area contributed by atoms with Crippen molar-refractivity contribution in [3.8, 4) is 0 Å². The number of hydrogen-bond acceptors (Lipinski definition) is 9. The van der Waals surface area contributed by atoms with Crippen LogP contribution in [0.2, 0.25) is 6.04 Å². The molecular weight excluding hydrogens is 292 g/mol. The molecular formula is C11H24N6O3Si. The van der Waals surface area contributed by atoms with E-state index in [1.54, 1.807) is 0 Å². The number of nitrogens with two attached hydrogens (primary N) is 2. The fourth-order valence-corrected chi connectivity index (χ4v) is 4.25. The first-order chi connectivity index (χ1) is 10.0. The Kier molecular flexibility index (Phi) is 7.29. The van der Waals surface area contributed by atoms with E-state index in [4.69, 9.17) is 24.7 Å².